The molecule has 0 aromatic carbocycles. The Morgan fingerprint density at radius 2 is 1.86 bits per heavy atom. The van der Waals surface area contributed by atoms with Crippen LogP contribution in [-0.4, -0.2) is 83.1 Å². The van der Waals surface area contributed by atoms with Crippen molar-refractivity contribution in [1.29, 1.82) is 0 Å². The fourth-order valence-corrected chi connectivity index (χ4v) is 2.80. The van der Waals surface area contributed by atoms with Crippen LogP contribution in [0.5, 0.6) is 6.01 Å². The quantitative estimate of drug-likeness (QED) is 0.810. The van der Waals surface area contributed by atoms with Crippen LogP contribution in [0.15, 0.2) is 12.4 Å². The van der Waals surface area contributed by atoms with Gasteiger partial charge in [0.15, 0.2) is 0 Å². The maximum atomic E-state index is 12.5. The normalized spacial score (nSPS) is 22.9. The summed E-state index contributed by atoms with van der Waals surface area (Å²) >= 11 is 5.75. The van der Waals surface area contributed by atoms with Crippen LogP contribution in [0.25, 0.3) is 0 Å². The van der Waals surface area contributed by atoms with Gasteiger partial charge in [0.25, 0.3) is 0 Å². The van der Waals surface area contributed by atoms with E-state index in [0.29, 0.717) is 24.1 Å². The Kier molecular flexibility index (Phi) is 4.63. The van der Waals surface area contributed by atoms with Crippen molar-refractivity contribution in [3.05, 3.63) is 17.4 Å². The molecule has 7 nitrogen and oxygen atoms in total. The summed E-state index contributed by atoms with van der Waals surface area (Å²) in [7, 11) is 2.08. The van der Waals surface area contributed by atoms with Gasteiger partial charge in [0.1, 0.15) is 6.10 Å². The number of carbonyl (C=O) groups is 1. The molecule has 0 aliphatic carbocycles. The zero-order valence-electron chi connectivity index (χ0n) is 12.6. The number of nitrogens with zero attached hydrogens (tertiary/aromatic N) is 5. The van der Waals surface area contributed by atoms with Crippen LogP contribution in [0.2, 0.25) is 5.02 Å². The molecule has 22 heavy (non-hydrogen) atoms. The van der Waals surface area contributed by atoms with Crippen molar-refractivity contribution in [1.82, 2.24) is 24.7 Å². The average Bonchev–Trinajstić information content (AvgIpc) is 2.98. The minimum absolute atomic E-state index is 0.0578. The number of halogens is 1. The molecule has 2 fully saturated rings. The maximum Gasteiger partial charge on any atom is 0.320 e. The van der Waals surface area contributed by atoms with E-state index in [9.17, 15) is 4.79 Å². The van der Waals surface area contributed by atoms with E-state index < -0.39 is 0 Å². The predicted molar refractivity (Wildman–Crippen MR) is 82.1 cm³/mol. The summed E-state index contributed by atoms with van der Waals surface area (Å²) in [5, 5.41) is 0.477. The Morgan fingerprint density at radius 1 is 1.18 bits per heavy atom. The number of rotatable bonds is 2. The molecule has 2 saturated heterocycles. The number of piperazine rings is 1. The van der Waals surface area contributed by atoms with Crippen molar-refractivity contribution >= 4 is 17.6 Å². The van der Waals surface area contributed by atoms with Gasteiger partial charge in [-0.15, -0.1) is 0 Å². The summed E-state index contributed by atoms with van der Waals surface area (Å²) in [6.07, 6.45) is 3.75. The van der Waals surface area contributed by atoms with Crippen LogP contribution < -0.4 is 4.74 Å². The number of likely N-dealkylation sites (N-methyl/N-ethyl adjacent to an activating group) is 1. The summed E-state index contributed by atoms with van der Waals surface area (Å²) in [5.74, 6) is 0. The minimum atomic E-state index is -0.0578. The molecule has 0 bridgehead atoms. The fraction of sp³-hybridized carbons (Fsp3) is 0.643. The van der Waals surface area contributed by atoms with Crippen molar-refractivity contribution < 1.29 is 9.53 Å². The van der Waals surface area contributed by atoms with Crippen LogP contribution in [0, 0.1) is 0 Å². The van der Waals surface area contributed by atoms with E-state index in [2.05, 4.69) is 21.9 Å². The van der Waals surface area contributed by atoms with Gasteiger partial charge in [0, 0.05) is 39.1 Å². The Labute approximate surface area is 134 Å². The number of carbonyl (C=O) groups excluding carboxylic acids is 1. The lowest BCUT2D eigenvalue weighted by Gasteiger charge is -2.34. The molecule has 0 saturated carbocycles. The number of amides is 2. The smallest absolute Gasteiger partial charge is 0.320 e. The maximum absolute atomic E-state index is 12.5. The van der Waals surface area contributed by atoms with Gasteiger partial charge in [-0.05, 0) is 7.05 Å². The Hall–Kier alpha value is -1.60. The number of likely N-dealkylation sites (tertiary alicyclic amines) is 1. The highest BCUT2D eigenvalue weighted by molar-refractivity contribution is 6.30. The van der Waals surface area contributed by atoms with Crippen molar-refractivity contribution in [3.8, 4) is 6.01 Å². The van der Waals surface area contributed by atoms with E-state index in [0.717, 1.165) is 32.6 Å². The lowest BCUT2D eigenvalue weighted by molar-refractivity contribution is 0.123. The minimum Gasteiger partial charge on any atom is -0.458 e. The van der Waals surface area contributed by atoms with Gasteiger partial charge in [-0.3, -0.25) is 0 Å². The van der Waals surface area contributed by atoms with Crippen molar-refractivity contribution in [2.75, 3.05) is 46.3 Å². The molecule has 1 atom stereocenters. The first-order valence-electron chi connectivity index (χ1n) is 7.48. The number of hydrogen-bond donors (Lipinski definition) is 0. The van der Waals surface area contributed by atoms with Crippen molar-refractivity contribution in [2.45, 2.75) is 12.5 Å². The molecule has 0 spiro atoms. The van der Waals surface area contributed by atoms with Gasteiger partial charge in [-0.2, -0.15) is 0 Å². The van der Waals surface area contributed by atoms with Gasteiger partial charge < -0.3 is 19.4 Å². The second-order valence-corrected chi connectivity index (χ2v) is 6.17. The summed E-state index contributed by atoms with van der Waals surface area (Å²) in [6, 6.07) is 0.416. The second-order valence-electron chi connectivity index (χ2n) is 5.73. The first kappa shape index (κ1) is 15.3. The van der Waals surface area contributed by atoms with Crippen LogP contribution in [0.3, 0.4) is 0 Å². The average molecular weight is 326 g/mol. The molecule has 0 unspecified atom stereocenters. The fourth-order valence-electron chi connectivity index (χ4n) is 2.71. The van der Waals surface area contributed by atoms with E-state index in [4.69, 9.17) is 16.3 Å². The molecular weight excluding hydrogens is 306 g/mol. The highest BCUT2D eigenvalue weighted by Crippen LogP contribution is 2.17. The second kappa shape index (κ2) is 6.66. The molecule has 3 heterocycles. The monoisotopic (exact) mass is 325 g/mol. The molecule has 8 heteroatoms. The topological polar surface area (TPSA) is 61.8 Å². The molecule has 120 valence electrons. The largest absolute Gasteiger partial charge is 0.458 e. The van der Waals surface area contributed by atoms with Gasteiger partial charge >= 0.3 is 12.0 Å². The molecule has 1 aromatic rings. The van der Waals surface area contributed by atoms with E-state index in [-0.39, 0.29) is 12.1 Å². The summed E-state index contributed by atoms with van der Waals surface area (Å²) in [6.45, 7) is 4.73. The Morgan fingerprint density at radius 3 is 2.55 bits per heavy atom. The number of aromatic nitrogens is 2. The Bertz CT molecular complexity index is 518. The van der Waals surface area contributed by atoms with E-state index >= 15 is 0 Å². The van der Waals surface area contributed by atoms with Gasteiger partial charge in [0.05, 0.1) is 24.0 Å². The predicted octanol–water partition coefficient (Wildman–Crippen LogP) is 0.950. The van der Waals surface area contributed by atoms with E-state index in [1.54, 1.807) is 0 Å². The number of hydrogen-bond acceptors (Lipinski definition) is 5. The SMILES string of the molecule is CN1CCN(C(=O)N2CC[C@H](Oc3ncc(Cl)cn3)C2)CC1. The van der Waals surface area contributed by atoms with E-state index in [1.165, 1.54) is 12.4 Å². The molecular formula is C14H20ClN5O2. The highest BCUT2D eigenvalue weighted by Gasteiger charge is 2.31. The lowest BCUT2D eigenvalue weighted by atomic mass is 10.3. The van der Waals surface area contributed by atoms with Gasteiger partial charge in [-0.1, -0.05) is 11.6 Å². The number of urea groups is 1. The van der Waals surface area contributed by atoms with Crippen LogP contribution in [0.1, 0.15) is 6.42 Å². The molecule has 0 radical (unpaired) electrons. The standard InChI is InChI=1S/C14H20ClN5O2/c1-18-4-6-19(7-5-18)14(21)20-3-2-12(10-20)22-13-16-8-11(15)9-17-13/h8-9,12H,2-7,10H2,1H3/t12-/m0/s1. The third-order valence-corrected chi connectivity index (χ3v) is 4.25. The zero-order chi connectivity index (χ0) is 15.5. The van der Waals surface area contributed by atoms with Crippen molar-refractivity contribution in [3.63, 3.8) is 0 Å². The molecule has 2 amide bonds. The third-order valence-electron chi connectivity index (χ3n) is 4.06. The highest BCUT2D eigenvalue weighted by atomic mass is 35.5. The van der Waals surface area contributed by atoms with Crippen LogP contribution in [0.4, 0.5) is 4.79 Å². The third kappa shape index (κ3) is 3.59. The molecule has 2 aliphatic heterocycles. The summed E-state index contributed by atoms with van der Waals surface area (Å²) in [5.41, 5.74) is 0. The molecule has 1 aromatic heterocycles. The summed E-state index contributed by atoms with van der Waals surface area (Å²) in [4.78, 5) is 26.5. The summed E-state index contributed by atoms with van der Waals surface area (Å²) < 4.78 is 5.71. The zero-order valence-corrected chi connectivity index (χ0v) is 13.4. The van der Waals surface area contributed by atoms with Gasteiger partial charge in [-0.25, -0.2) is 14.8 Å². The molecule has 0 N–H and O–H groups in total. The van der Waals surface area contributed by atoms with Crippen molar-refractivity contribution in [2.24, 2.45) is 0 Å². The van der Waals surface area contributed by atoms with Crippen LogP contribution >= 0.6 is 11.6 Å². The molecule has 2 aliphatic rings. The van der Waals surface area contributed by atoms with Crippen LogP contribution in [-0.2, 0) is 0 Å². The Balaban J connectivity index is 1.51. The number of ether oxygens (including phenoxy) is 1. The molecule has 3 rings (SSSR count). The first-order chi connectivity index (χ1) is 10.6. The van der Waals surface area contributed by atoms with E-state index in [1.807, 2.05) is 9.80 Å². The first-order valence-corrected chi connectivity index (χ1v) is 7.86. The van der Waals surface area contributed by atoms with Gasteiger partial charge in [0.2, 0.25) is 0 Å². The lowest BCUT2D eigenvalue weighted by Crippen LogP contribution is -2.51.